The summed E-state index contributed by atoms with van der Waals surface area (Å²) < 4.78 is 0. The van der Waals surface area contributed by atoms with Gasteiger partial charge in [0.05, 0.1) is 9.75 Å². The minimum atomic E-state index is -0.142. The molecular weight excluding hydrogens is 392 g/mol. The van der Waals surface area contributed by atoms with Crippen LogP contribution in [0.5, 0.6) is 0 Å². The van der Waals surface area contributed by atoms with E-state index in [-0.39, 0.29) is 22.4 Å². The number of carbonyl (C=O) groups is 2. The van der Waals surface area contributed by atoms with Crippen LogP contribution >= 0.6 is 34.0 Å². The third-order valence-corrected chi connectivity index (χ3v) is 9.73. The molecule has 0 N–H and O–H groups in total. The van der Waals surface area contributed by atoms with Crippen molar-refractivity contribution in [1.29, 1.82) is 0 Å². The monoisotopic (exact) mass is 416 g/mol. The standard InChI is InChI=1S/C22H24O2S3/c1-13(23)15-7-9-17(25-15)21(3,4)19-11-12-20(27-19)22(5,6)18-10-8-16(26-18)14(2)24/h7-12H,1-6H3. The van der Waals surface area contributed by atoms with Gasteiger partial charge < -0.3 is 0 Å². The maximum atomic E-state index is 11.7. The second-order valence-electron chi connectivity index (χ2n) is 7.85. The number of ketones is 2. The van der Waals surface area contributed by atoms with Crippen LogP contribution in [-0.2, 0) is 10.8 Å². The molecule has 5 heteroatoms. The molecule has 0 saturated heterocycles. The molecule has 3 aromatic heterocycles. The summed E-state index contributed by atoms with van der Waals surface area (Å²) >= 11 is 4.98. The third kappa shape index (κ3) is 3.73. The van der Waals surface area contributed by atoms with Gasteiger partial charge in [-0.25, -0.2) is 0 Å². The molecule has 0 saturated carbocycles. The number of carbonyl (C=O) groups excluding carboxylic acids is 2. The zero-order chi connectivity index (χ0) is 20.0. The number of Topliss-reactive ketones (excluding diaryl/α,β-unsaturated/α-hetero) is 2. The fraction of sp³-hybridized carbons (Fsp3) is 0.364. The van der Waals surface area contributed by atoms with Crippen molar-refractivity contribution in [2.45, 2.75) is 52.4 Å². The van der Waals surface area contributed by atoms with Crippen molar-refractivity contribution in [1.82, 2.24) is 0 Å². The average Bonchev–Trinajstić information content (AvgIpc) is 3.33. The van der Waals surface area contributed by atoms with E-state index in [1.165, 1.54) is 19.5 Å². The summed E-state index contributed by atoms with van der Waals surface area (Å²) in [7, 11) is 0. The van der Waals surface area contributed by atoms with E-state index in [1.807, 2.05) is 23.5 Å². The molecule has 0 spiro atoms. The first kappa shape index (κ1) is 20.2. The van der Waals surface area contributed by atoms with Gasteiger partial charge in [-0.15, -0.1) is 34.0 Å². The molecule has 0 aliphatic carbocycles. The number of rotatable bonds is 6. The fourth-order valence-corrected chi connectivity index (χ4v) is 6.38. The van der Waals surface area contributed by atoms with Crippen molar-refractivity contribution >= 4 is 45.6 Å². The summed E-state index contributed by atoms with van der Waals surface area (Å²) in [6, 6.07) is 12.4. The van der Waals surface area contributed by atoms with Gasteiger partial charge in [-0.3, -0.25) is 9.59 Å². The van der Waals surface area contributed by atoms with Gasteiger partial charge in [-0.1, -0.05) is 27.7 Å². The van der Waals surface area contributed by atoms with E-state index in [4.69, 9.17) is 0 Å². The van der Waals surface area contributed by atoms with Gasteiger partial charge >= 0.3 is 0 Å². The molecule has 3 heterocycles. The zero-order valence-electron chi connectivity index (χ0n) is 16.5. The van der Waals surface area contributed by atoms with E-state index in [9.17, 15) is 9.59 Å². The van der Waals surface area contributed by atoms with Gasteiger partial charge in [0, 0.05) is 30.3 Å². The summed E-state index contributed by atoms with van der Waals surface area (Å²) in [6.07, 6.45) is 0. The van der Waals surface area contributed by atoms with Crippen LogP contribution in [0.2, 0.25) is 0 Å². The molecule has 0 aliphatic rings. The van der Waals surface area contributed by atoms with Crippen LogP contribution in [0.4, 0.5) is 0 Å². The van der Waals surface area contributed by atoms with Crippen molar-refractivity contribution < 1.29 is 9.59 Å². The van der Waals surface area contributed by atoms with Gasteiger partial charge in [0.25, 0.3) is 0 Å². The van der Waals surface area contributed by atoms with Crippen LogP contribution in [0.25, 0.3) is 0 Å². The van der Waals surface area contributed by atoms with Crippen molar-refractivity contribution in [3.8, 4) is 0 Å². The minimum absolute atomic E-state index is 0.119. The lowest BCUT2D eigenvalue weighted by Crippen LogP contribution is -2.16. The SMILES string of the molecule is CC(=O)c1ccc(C(C)(C)c2ccc(C(C)(C)c3ccc(C(C)=O)s3)s2)s1. The molecule has 0 aliphatic heterocycles. The second kappa shape index (κ2) is 7.12. The summed E-state index contributed by atoms with van der Waals surface area (Å²) in [6.45, 7) is 12.1. The lowest BCUT2D eigenvalue weighted by atomic mass is 9.88. The molecule has 27 heavy (non-hydrogen) atoms. The largest absolute Gasteiger partial charge is 0.294 e. The zero-order valence-corrected chi connectivity index (χ0v) is 19.0. The molecule has 0 unspecified atom stereocenters. The predicted octanol–water partition coefficient (Wildman–Crippen LogP) is 6.93. The van der Waals surface area contributed by atoms with Crippen molar-refractivity contribution in [3.63, 3.8) is 0 Å². The van der Waals surface area contributed by atoms with E-state index >= 15 is 0 Å². The maximum Gasteiger partial charge on any atom is 0.169 e. The first-order chi connectivity index (χ1) is 12.5. The number of hydrogen-bond acceptors (Lipinski definition) is 5. The summed E-state index contributed by atoms with van der Waals surface area (Å²) in [4.78, 5) is 29.9. The molecule has 0 radical (unpaired) electrons. The number of thiophene rings is 3. The molecule has 2 nitrogen and oxygen atoms in total. The normalized spacial score (nSPS) is 12.4. The Hall–Kier alpha value is -1.56. The van der Waals surface area contributed by atoms with Crippen molar-refractivity contribution in [3.05, 3.63) is 65.7 Å². The molecular formula is C22H24O2S3. The average molecular weight is 417 g/mol. The minimum Gasteiger partial charge on any atom is -0.294 e. The summed E-state index contributed by atoms with van der Waals surface area (Å²) in [5.74, 6) is 0.239. The number of hydrogen-bond donors (Lipinski definition) is 0. The van der Waals surface area contributed by atoms with Crippen LogP contribution in [0.1, 0.15) is 80.4 Å². The lowest BCUT2D eigenvalue weighted by Gasteiger charge is -2.24. The van der Waals surface area contributed by atoms with Crippen LogP contribution in [-0.4, -0.2) is 11.6 Å². The Kier molecular flexibility index (Phi) is 5.32. The van der Waals surface area contributed by atoms with Crippen LogP contribution in [0.3, 0.4) is 0 Å². The van der Waals surface area contributed by atoms with Gasteiger partial charge in [0.15, 0.2) is 11.6 Å². The van der Waals surface area contributed by atoms with Gasteiger partial charge in [0.1, 0.15) is 0 Å². The Bertz CT molecular complexity index is 920. The van der Waals surface area contributed by atoms with Crippen molar-refractivity contribution in [2.75, 3.05) is 0 Å². The quantitative estimate of drug-likeness (QED) is 0.408. The van der Waals surface area contributed by atoms with Crippen LogP contribution in [0.15, 0.2) is 36.4 Å². The first-order valence-corrected chi connectivity index (χ1v) is 11.3. The summed E-state index contributed by atoms with van der Waals surface area (Å²) in [5, 5.41) is 0. The first-order valence-electron chi connectivity index (χ1n) is 8.87. The smallest absolute Gasteiger partial charge is 0.169 e. The second-order valence-corrected chi connectivity index (χ2v) is 11.1. The van der Waals surface area contributed by atoms with E-state index < -0.39 is 0 Å². The highest BCUT2D eigenvalue weighted by Gasteiger charge is 2.32. The highest BCUT2D eigenvalue weighted by Crippen LogP contribution is 2.44. The van der Waals surface area contributed by atoms with Gasteiger partial charge in [0.2, 0.25) is 0 Å². The van der Waals surface area contributed by atoms with Crippen LogP contribution in [0, 0.1) is 0 Å². The molecule has 0 bridgehead atoms. The Morgan fingerprint density at radius 2 is 0.889 bits per heavy atom. The Labute approximate surface area is 172 Å². The third-order valence-electron chi connectivity index (χ3n) is 4.98. The highest BCUT2D eigenvalue weighted by atomic mass is 32.1. The Morgan fingerprint density at radius 3 is 1.19 bits per heavy atom. The highest BCUT2D eigenvalue weighted by molar-refractivity contribution is 7.16. The molecule has 3 rings (SSSR count). The molecule has 3 aromatic rings. The molecule has 142 valence electrons. The van der Waals surface area contributed by atoms with Crippen molar-refractivity contribution in [2.24, 2.45) is 0 Å². The van der Waals surface area contributed by atoms with Gasteiger partial charge in [-0.2, -0.15) is 0 Å². The topological polar surface area (TPSA) is 34.1 Å². The van der Waals surface area contributed by atoms with E-state index in [0.717, 1.165) is 9.75 Å². The summed E-state index contributed by atoms with van der Waals surface area (Å²) in [5.41, 5.74) is -0.283. The fourth-order valence-electron chi connectivity index (χ4n) is 2.98. The van der Waals surface area contributed by atoms with Gasteiger partial charge in [-0.05, 0) is 50.2 Å². The van der Waals surface area contributed by atoms with Crippen LogP contribution < -0.4 is 0 Å². The Balaban J connectivity index is 1.94. The van der Waals surface area contributed by atoms with E-state index in [1.54, 1.807) is 36.5 Å². The lowest BCUT2D eigenvalue weighted by molar-refractivity contribution is 0.101. The molecule has 0 fully saturated rings. The maximum absolute atomic E-state index is 11.7. The molecule has 0 aromatic carbocycles. The van der Waals surface area contributed by atoms with E-state index in [0.29, 0.717) is 0 Å². The molecule has 0 amide bonds. The van der Waals surface area contributed by atoms with E-state index in [2.05, 4.69) is 52.0 Å². The Morgan fingerprint density at radius 1 is 0.593 bits per heavy atom. The predicted molar refractivity (Wildman–Crippen MR) is 117 cm³/mol. The molecule has 0 atom stereocenters.